The van der Waals surface area contributed by atoms with Crippen molar-refractivity contribution in [3.8, 4) is 11.5 Å². The van der Waals surface area contributed by atoms with Gasteiger partial charge >= 0.3 is 0 Å². The van der Waals surface area contributed by atoms with Gasteiger partial charge in [0.1, 0.15) is 32.5 Å². The van der Waals surface area contributed by atoms with Gasteiger partial charge in [0, 0.05) is 44.1 Å². The van der Waals surface area contributed by atoms with Crippen LogP contribution >= 0.6 is 57.5 Å². The van der Waals surface area contributed by atoms with E-state index in [2.05, 4.69) is 79.2 Å². The fourth-order valence-corrected chi connectivity index (χ4v) is 10.6. The van der Waals surface area contributed by atoms with Crippen molar-refractivity contribution in [3.05, 3.63) is 83.1 Å². The fourth-order valence-electron chi connectivity index (χ4n) is 6.61. The first-order valence-electron chi connectivity index (χ1n) is 19.8. The zero-order valence-electron chi connectivity index (χ0n) is 34.8. The summed E-state index contributed by atoms with van der Waals surface area (Å²) < 4.78 is 20.9. The Bertz CT molecular complexity index is 2660. The van der Waals surface area contributed by atoms with Crippen LogP contribution in [0.3, 0.4) is 0 Å². The van der Waals surface area contributed by atoms with Crippen molar-refractivity contribution in [3.63, 3.8) is 0 Å². The Balaban J connectivity index is 1.23. The van der Waals surface area contributed by atoms with Crippen LogP contribution in [0.25, 0.3) is 20.4 Å². The molecule has 8 aromatic rings. The van der Waals surface area contributed by atoms with E-state index < -0.39 is 0 Å². The lowest BCUT2D eigenvalue weighted by Gasteiger charge is -2.25. The Morgan fingerprint density at radius 2 is 1.10 bits per heavy atom. The topological polar surface area (TPSA) is 163 Å². The molecule has 318 valence electrons. The third kappa shape index (κ3) is 9.48. The highest BCUT2D eigenvalue weighted by Crippen LogP contribution is 2.44. The number of nitrogens with zero attached hydrogens (tertiary/aromatic N) is 11. The molecule has 0 atom stereocenters. The molecule has 15 nitrogen and oxygen atoms in total. The number of rotatable bonds is 19. The second-order valence-corrected chi connectivity index (χ2v) is 17.6. The molecular formula is C42H43N13O2S5. The molecule has 0 fully saturated rings. The quantitative estimate of drug-likeness (QED) is 0.0584. The summed E-state index contributed by atoms with van der Waals surface area (Å²) in [6.45, 7) is 11.5. The third-order valence-corrected chi connectivity index (χ3v) is 14.1. The van der Waals surface area contributed by atoms with Crippen LogP contribution in [0.5, 0.6) is 11.5 Å². The number of hydrogen-bond donors (Lipinski definition) is 2. The van der Waals surface area contributed by atoms with Gasteiger partial charge in [0.15, 0.2) is 15.2 Å². The summed E-state index contributed by atoms with van der Waals surface area (Å²) in [6, 6.07) is 22.0. The lowest BCUT2D eigenvalue weighted by Crippen LogP contribution is -2.22. The Labute approximate surface area is 379 Å². The van der Waals surface area contributed by atoms with E-state index in [-0.39, 0.29) is 0 Å². The summed E-state index contributed by atoms with van der Waals surface area (Å²) in [7, 11) is 3.32. The average Bonchev–Trinajstić information content (AvgIpc) is 4.12. The van der Waals surface area contributed by atoms with Gasteiger partial charge in [-0.2, -0.15) is 23.7 Å². The third-order valence-electron chi connectivity index (χ3n) is 9.80. The summed E-state index contributed by atoms with van der Waals surface area (Å²) >= 11 is 7.28. The predicted octanol–water partition coefficient (Wildman–Crippen LogP) is 13.5. The largest absolute Gasteiger partial charge is 0.494 e. The molecule has 0 aliphatic heterocycles. The Morgan fingerprint density at radius 3 is 1.55 bits per heavy atom. The van der Waals surface area contributed by atoms with Gasteiger partial charge in [-0.1, -0.05) is 42.1 Å². The van der Waals surface area contributed by atoms with Crippen LogP contribution in [-0.2, 0) is 5.75 Å². The molecule has 0 saturated carbocycles. The minimum Gasteiger partial charge on any atom is -0.494 e. The van der Waals surface area contributed by atoms with E-state index in [4.69, 9.17) is 34.7 Å². The molecule has 20 heteroatoms. The lowest BCUT2D eigenvalue weighted by molar-refractivity contribution is 0.414. The first kappa shape index (κ1) is 42.9. The monoisotopic (exact) mass is 921 g/mol. The van der Waals surface area contributed by atoms with E-state index in [1.165, 1.54) is 34.8 Å². The highest BCUT2D eigenvalue weighted by atomic mass is 32.2. The van der Waals surface area contributed by atoms with Crippen LogP contribution < -0.4 is 29.9 Å². The maximum Gasteiger partial charge on any atom is 0.233 e. The second kappa shape index (κ2) is 19.9. The number of ether oxygens (including phenoxy) is 2. The number of methoxy groups -OCH3 is 2. The van der Waals surface area contributed by atoms with E-state index in [1.807, 2.05) is 65.4 Å². The molecule has 3 aromatic carbocycles. The van der Waals surface area contributed by atoms with Crippen molar-refractivity contribution in [2.24, 2.45) is 20.5 Å². The van der Waals surface area contributed by atoms with Crippen molar-refractivity contribution in [2.75, 3.05) is 60.8 Å². The minimum atomic E-state index is 0.299. The van der Waals surface area contributed by atoms with Gasteiger partial charge in [0.05, 0.1) is 47.7 Å². The van der Waals surface area contributed by atoms with Crippen molar-refractivity contribution < 1.29 is 9.47 Å². The smallest absolute Gasteiger partial charge is 0.233 e. The van der Waals surface area contributed by atoms with Crippen LogP contribution in [0.4, 0.5) is 56.0 Å². The number of nitrogens with one attached hydrogen (secondary N) is 2. The van der Waals surface area contributed by atoms with E-state index >= 15 is 0 Å². The van der Waals surface area contributed by atoms with Gasteiger partial charge in [-0.25, -0.2) is 0 Å². The second-order valence-electron chi connectivity index (χ2n) is 13.4. The zero-order valence-corrected chi connectivity index (χ0v) is 38.9. The number of aromatic nitrogens is 5. The number of anilines is 6. The zero-order chi connectivity index (χ0) is 43.0. The number of benzene rings is 3. The first-order chi connectivity index (χ1) is 30.4. The summed E-state index contributed by atoms with van der Waals surface area (Å²) in [5.74, 6) is 2.57. The van der Waals surface area contributed by atoms with E-state index in [0.717, 1.165) is 73.6 Å². The van der Waals surface area contributed by atoms with Gasteiger partial charge < -0.3 is 29.9 Å². The summed E-state index contributed by atoms with van der Waals surface area (Å²) in [6.07, 6.45) is 0. The number of thiophene rings is 2. The van der Waals surface area contributed by atoms with Gasteiger partial charge in [-0.05, 0) is 91.3 Å². The molecule has 5 aromatic heterocycles. The predicted molar refractivity (Wildman–Crippen MR) is 259 cm³/mol. The molecule has 0 spiro atoms. The van der Waals surface area contributed by atoms with Crippen LogP contribution in [0.2, 0.25) is 0 Å². The Morgan fingerprint density at radius 1 is 0.613 bits per heavy atom. The standard InChI is InChI=1S/C42H43N13O2S5/c1-7-54(8-2)32-20-28(30(22-34(32)56-5)48-50-36-26-16-18-58-38(26)52-61-36)43-40-45-41(47-42(46-40)60-24-25-14-12-11-13-15-25)44-29-21-33(55(9-3)10-4)35(57-6)23-31(29)49-51-37-27-17-19-59-39(27)53-62-37/h11-23H,7-10,24H2,1-6H3,(H2,43,44,45,46,47)/b50-48+,51-49+. The molecule has 62 heavy (non-hydrogen) atoms. The highest BCUT2D eigenvalue weighted by molar-refractivity contribution is 7.98. The number of azo groups is 2. The van der Waals surface area contributed by atoms with Crippen LogP contribution in [-0.4, -0.2) is 64.1 Å². The molecule has 0 amide bonds. The van der Waals surface area contributed by atoms with E-state index in [9.17, 15) is 0 Å². The first-order valence-corrected chi connectivity index (χ1v) is 24.1. The molecule has 5 heterocycles. The minimum absolute atomic E-state index is 0.299. The fraction of sp³-hybridized carbons (Fsp3) is 0.262. The van der Waals surface area contributed by atoms with Crippen molar-refractivity contribution >= 4 is 134 Å². The molecule has 0 unspecified atom stereocenters. The average molecular weight is 922 g/mol. The van der Waals surface area contributed by atoms with E-state index in [0.29, 0.717) is 57.1 Å². The van der Waals surface area contributed by atoms with Crippen molar-refractivity contribution in [1.29, 1.82) is 0 Å². The summed E-state index contributed by atoms with van der Waals surface area (Å²) in [4.78, 5) is 21.1. The SMILES string of the molecule is CCN(CC)c1cc(Nc2nc(Nc3cc(N(CC)CC)c(OC)cc3/N=N/c3snc4sccc34)nc(SCc3ccccc3)n2)c(/N=N/c2snc3sccc23)cc1OC. The van der Waals surface area contributed by atoms with Gasteiger partial charge in [-0.15, -0.1) is 43.1 Å². The Hall–Kier alpha value is -5.80. The molecule has 0 saturated heterocycles. The molecule has 8 rings (SSSR count). The number of hydrogen-bond acceptors (Lipinski definition) is 20. The highest BCUT2D eigenvalue weighted by Gasteiger charge is 2.20. The Kier molecular flexibility index (Phi) is 13.8. The van der Waals surface area contributed by atoms with Crippen LogP contribution in [0.1, 0.15) is 33.3 Å². The number of fused-ring (bicyclic) bond motifs is 2. The number of thioether (sulfide) groups is 1. The van der Waals surface area contributed by atoms with Crippen LogP contribution in [0, 0.1) is 0 Å². The van der Waals surface area contributed by atoms with Crippen molar-refractivity contribution in [2.45, 2.75) is 38.6 Å². The van der Waals surface area contributed by atoms with Gasteiger partial charge in [0.25, 0.3) is 0 Å². The van der Waals surface area contributed by atoms with E-state index in [1.54, 1.807) is 36.9 Å². The van der Waals surface area contributed by atoms with Gasteiger partial charge in [-0.3, -0.25) is 0 Å². The summed E-state index contributed by atoms with van der Waals surface area (Å²) in [5.41, 5.74) is 5.24. The molecule has 0 aliphatic carbocycles. The maximum absolute atomic E-state index is 5.91. The lowest BCUT2D eigenvalue weighted by atomic mass is 10.2. The molecular weight excluding hydrogens is 879 g/mol. The summed E-state index contributed by atoms with van der Waals surface area (Å²) in [5, 5.41) is 33.7. The maximum atomic E-state index is 5.91. The molecule has 0 aliphatic rings. The van der Waals surface area contributed by atoms with Gasteiger partial charge in [0.2, 0.25) is 11.9 Å². The normalized spacial score (nSPS) is 11.6. The molecule has 0 bridgehead atoms. The van der Waals surface area contributed by atoms with Crippen molar-refractivity contribution in [1.82, 2.24) is 23.7 Å². The molecule has 0 radical (unpaired) electrons. The molecule has 2 N–H and O–H groups in total. The van der Waals surface area contributed by atoms with Crippen LogP contribution in [0.15, 0.2) is 103 Å².